The molecule has 31 heavy (non-hydrogen) atoms. The second-order valence-electron chi connectivity index (χ2n) is 12.8. The van der Waals surface area contributed by atoms with Gasteiger partial charge in [-0.3, -0.25) is 0 Å². The molecule has 1 heterocycles. The van der Waals surface area contributed by atoms with Gasteiger partial charge >= 0.3 is 0 Å². The monoisotopic (exact) mass is 429 g/mol. The first-order valence-corrected chi connectivity index (χ1v) is 13.5. The number of hydrogen-bond acceptors (Lipinski definition) is 3. The molecule has 0 aromatic rings. The predicted octanol–water partition coefficient (Wildman–Crippen LogP) is 5.41. The smallest absolute Gasteiger partial charge is 0.0579 e. The molecule has 176 valence electrons. The summed E-state index contributed by atoms with van der Waals surface area (Å²) in [5.74, 6) is 3.09. The van der Waals surface area contributed by atoms with Gasteiger partial charge < -0.3 is 15.1 Å². The molecule has 1 aliphatic heterocycles. The highest BCUT2D eigenvalue weighted by Crippen LogP contribution is 2.67. The Morgan fingerprint density at radius 1 is 1.06 bits per heavy atom. The Hall–Kier alpha value is -0.380. The van der Waals surface area contributed by atoms with E-state index in [1.54, 1.807) is 0 Å². The van der Waals surface area contributed by atoms with Crippen LogP contribution in [0.3, 0.4) is 0 Å². The SMILES string of the molecule is CC(C1CCCCCN1C)C1CC(O)C2C3CC=C4CC(O)CCC4(C)C3CCC12C. The van der Waals surface area contributed by atoms with E-state index in [4.69, 9.17) is 0 Å². The van der Waals surface area contributed by atoms with E-state index in [0.29, 0.717) is 35.6 Å². The van der Waals surface area contributed by atoms with E-state index >= 15 is 0 Å². The summed E-state index contributed by atoms with van der Waals surface area (Å²) >= 11 is 0. The van der Waals surface area contributed by atoms with Crippen molar-refractivity contribution in [1.82, 2.24) is 4.90 Å². The Kier molecular flexibility index (Phi) is 5.88. The number of allylic oxidation sites excluding steroid dienone is 1. The van der Waals surface area contributed by atoms with Crippen molar-refractivity contribution in [2.24, 2.45) is 40.4 Å². The van der Waals surface area contributed by atoms with Crippen LogP contribution in [0.5, 0.6) is 0 Å². The molecule has 4 aliphatic carbocycles. The van der Waals surface area contributed by atoms with Gasteiger partial charge in [0, 0.05) is 6.04 Å². The molecule has 5 rings (SSSR count). The van der Waals surface area contributed by atoms with Crippen molar-refractivity contribution in [2.75, 3.05) is 13.6 Å². The van der Waals surface area contributed by atoms with E-state index in [2.05, 4.69) is 38.8 Å². The first-order chi connectivity index (χ1) is 14.8. The summed E-state index contributed by atoms with van der Waals surface area (Å²) in [5.41, 5.74) is 2.07. The molecule has 0 aromatic heterocycles. The molecule has 3 saturated carbocycles. The fourth-order valence-electron chi connectivity index (χ4n) is 9.78. The minimum atomic E-state index is -0.136. The van der Waals surface area contributed by atoms with Crippen molar-refractivity contribution in [3.8, 4) is 0 Å². The largest absolute Gasteiger partial charge is 0.393 e. The molecular weight excluding hydrogens is 382 g/mol. The molecule has 1 saturated heterocycles. The summed E-state index contributed by atoms with van der Waals surface area (Å²) < 4.78 is 0. The van der Waals surface area contributed by atoms with Crippen molar-refractivity contribution in [1.29, 1.82) is 0 Å². The van der Waals surface area contributed by atoms with Gasteiger partial charge in [0.15, 0.2) is 0 Å². The van der Waals surface area contributed by atoms with Gasteiger partial charge in [0.25, 0.3) is 0 Å². The number of rotatable bonds is 2. The Morgan fingerprint density at radius 3 is 2.68 bits per heavy atom. The van der Waals surface area contributed by atoms with Gasteiger partial charge in [-0.05, 0) is 112 Å². The number of fused-ring (bicyclic) bond motifs is 5. The van der Waals surface area contributed by atoms with Crippen molar-refractivity contribution >= 4 is 0 Å². The lowest BCUT2D eigenvalue weighted by molar-refractivity contribution is -0.0845. The maximum absolute atomic E-state index is 11.5. The highest BCUT2D eigenvalue weighted by atomic mass is 16.3. The number of nitrogens with zero attached hydrogens (tertiary/aromatic N) is 1. The summed E-state index contributed by atoms with van der Waals surface area (Å²) in [4.78, 5) is 2.65. The lowest BCUT2D eigenvalue weighted by Crippen LogP contribution is -2.53. The summed E-state index contributed by atoms with van der Waals surface area (Å²) in [7, 11) is 2.35. The van der Waals surface area contributed by atoms with Crippen molar-refractivity contribution in [3.05, 3.63) is 11.6 Å². The highest BCUT2D eigenvalue weighted by Gasteiger charge is 2.62. The van der Waals surface area contributed by atoms with Crippen LogP contribution in [0, 0.1) is 40.4 Å². The van der Waals surface area contributed by atoms with Gasteiger partial charge in [0.1, 0.15) is 0 Å². The quantitative estimate of drug-likeness (QED) is 0.577. The number of aliphatic hydroxyl groups is 2. The van der Waals surface area contributed by atoms with Crippen molar-refractivity contribution in [2.45, 2.75) is 110 Å². The third kappa shape index (κ3) is 3.48. The van der Waals surface area contributed by atoms with Gasteiger partial charge in [-0.25, -0.2) is 0 Å². The second-order valence-corrected chi connectivity index (χ2v) is 12.8. The van der Waals surface area contributed by atoms with Crippen LogP contribution in [-0.4, -0.2) is 47.0 Å². The first-order valence-electron chi connectivity index (χ1n) is 13.5. The zero-order chi connectivity index (χ0) is 22.0. The molecule has 0 spiro atoms. The molecule has 10 unspecified atom stereocenters. The number of hydrogen-bond donors (Lipinski definition) is 2. The summed E-state index contributed by atoms with van der Waals surface area (Å²) in [5, 5.41) is 21.8. The zero-order valence-corrected chi connectivity index (χ0v) is 20.5. The van der Waals surface area contributed by atoms with E-state index in [9.17, 15) is 10.2 Å². The Labute approximate surface area is 190 Å². The zero-order valence-electron chi connectivity index (χ0n) is 20.5. The van der Waals surface area contributed by atoms with Gasteiger partial charge in [-0.2, -0.15) is 0 Å². The van der Waals surface area contributed by atoms with E-state index in [-0.39, 0.29) is 23.0 Å². The standard InChI is InChI=1S/C28H47NO2/c1-18(24-8-6-5-7-15-29(24)4)23-17-25(31)26-21-10-9-19-16-20(30)11-13-27(19,2)22(21)12-14-28(23,26)3/h9,18,20-26,30-31H,5-8,10-17H2,1-4H3. The van der Waals surface area contributed by atoms with Crippen molar-refractivity contribution < 1.29 is 10.2 Å². The molecule has 0 radical (unpaired) electrons. The van der Waals surface area contributed by atoms with E-state index in [1.165, 1.54) is 50.6 Å². The molecule has 3 nitrogen and oxygen atoms in total. The van der Waals surface area contributed by atoms with Gasteiger partial charge in [-0.1, -0.05) is 45.3 Å². The maximum atomic E-state index is 11.5. The Morgan fingerprint density at radius 2 is 1.87 bits per heavy atom. The third-order valence-corrected chi connectivity index (χ3v) is 11.4. The molecule has 5 aliphatic rings. The van der Waals surface area contributed by atoms with Crippen LogP contribution in [0.1, 0.15) is 91.4 Å². The molecule has 2 N–H and O–H groups in total. The van der Waals surface area contributed by atoms with Gasteiger partial charge in [-0.15, -0.1) is 0 Å². The van der Waals surface area contributed by atoms with Crippen LogP contribution in [0.4, 0.5) is 0 Å². The topological polar surface area (TPSA) is 43.7 Å². The number of aliphatic hydroxyl groups excluding tert-OH is 2. The molecule has 10 atom stereocenters. The minimum Gasteiger partial charge on any atom is -0.393 e. The van der Waals surface area contributed by atoms with E-state index in [0.717, 1.165) is 32.1 Å². The molecule has 0 amide bonds. The lowest BCUT2D eigenvalue weighted by Gasteiger charge is -2.59. The van der Waals surface area contributed by atoms with Gasteiger partial charge in [0.05, 0.1) is 12.2 Å². The predicted molar refractivity (Wildman–Crippen MR) is 127 cm³/mol. The molecule has 0 bridgehead atoms. The summed E-state index contributed by atoms with van der Waals surface area (Å²) in [6.07, 6.45) is 15.4. The number of likely N-dealkylation sites (tertiary alicyclic amines) is 1. The molecule has 0 aromatic carbocycles. The minimum absolute atomic E-state index is 0.130. The van der Waals surface area contributed by atoms with Crippen LogP contribution in [-0.2, 0) is 0 Å². The summed E-state index contributed by atoms with van der Waals surface area (Å²) in [6.45, 7) is 8.82. The average Bonchev–Trinajstić information content (AvgIpc) is 2.86. The van der Waals surface area contributed by atoms with Crippen LogP contribution >= 0.6 is 0 Å². The first kappa shape index (κ1) is 22.4. The molecular formula is C28H47NO2. The Balaban J connectivity index is 1.41. The second kappa shape index (κ2) is 8.13. The van der Waals surface area contributed by atoms with Crippen LogP contribution in [0.2, 0.25) is 0 Å². The average molecular weight is 430 g/mol. The van der Waals surface area contributed by atoms with Crippen LogP contribution in [0.25, 0.3) is 0 Å². The fourth-order valence-corrected chi connectivity index (χ4v) is 9.78. The third-order valence-electron chi connectivity index (χ3n) is 11.4. The highest BCUT2D eigenvalue weighted by molar-refractivity contribution is 5.26. The molecule has 4 fully saturated rings. The van der Waals surface area contributed by atoms with Crippen molar-refractivity contribution in [3.63, 3.8) is 0 Å². The molecule has 3 heteroatoms. The lowest BCUT2D eigenvalue weighted by atomic mass is 9.46. The van der Waals surface area contributed by atoms with Crippen LogP contribution < -0.4 is 0 Å². The Bertz CT molecular complexity index is 705. The fraction of sp³-hybridized carbons (Fsp3) is 0.929. The maximum Gasteiger partial charge on any atom is 0.0579 e. The van der Waals surface area contributed by atoms with Crippen LogP contribution in [0.15, 0.2) is 11.6 Å². The van der Waals surface area contributed by atoms with E-state index < -0.39 is 0 Å². The summed E-state index contributed by atoms with van der Waals surface area (Å²) in [6, 6.07) is 0.684. The van der Waals surface area contributed by atoms with E-state index in [1.807, 2.05) is 0 Å². The van der Waals surface area contributed by atoms with Gasteiger partial charge in [0.2, 0.25) is 0 Å². The normalized spacial score (nSPS) is 51.8.